The molecule has 0 unspecified atom stereocenters. The van der Waals surface area contributed by atoms with Crippen molar-refractivity contribution in [3.8, 4) is 0 Å². The second kappa shape index (κ2) is 10.6. The van der Waals surface area contributed by atoms with Crippen molar-refractivity contribution in [1.29, 1.82) is 0 Å². The molecule has 11 nitrogen and oxygen atoms in total. The van der Waals surface area contributed by atoms with E-state index in [2.05, 4.69) is 0 Å². The molecule has 3 rings (SSSR count). The molecule has 0 aromatic heterocycles. The average Bonchev–Trinajstić information content (AvgIpc) is 2.78. The van der Waals surface area contributed by atoms with Crippen LogP contribution in [-0.4, -0.2) is 110 Å². The Hall–Kier alpha value is -1.22. The minimum Gasteiger partial charge on any atom is -0.394 e. The van der Waals surface area contributed by atoms with Crippen LogP contribution in [0, 0.1) is 0 Å². The van der Waals surface area contributed by atoms with E-state index in [0.29, 0.717) is 0 Å². The lowest BCUT2D eigenvalue weighted by atomic mass is 9.98. The summed E-state index contributed by atoms with van der Waals surface area (Å²) in [5, 5.41) is 69.7. The number of benzene rings is 1. The van der Waals surface area contributed by atoms with Gasteiger partial charge < -0.3 is 54.7 Å². The van der Waals surface area contributed by atoms with E-state index in [1.807, 2.05) is 30.3 Å². The number of hydrogen-bond acceptors (Lipinski definition) is 11. The van der Waals surface area contributed by atoms with Crippen LogP contribution in [0.1, 0.15) is 18.6 Å². The molecule has 7 N–H and O–H groups in total. The summed E-state index contributed by atoms with van der Waals surface area (Å²) in [5.74, 6) is 0. The topological polar surface area (TPSA) is 179 Å². The van der Waals surface area contributed by atoms with Crippen molar-refractivity contribution in [2.75, 3.05) is 13.2 Å². The quantitative estimate of drug-likeness (QED) is 0.233. The zero-order valence-corrected chi connectivity index (χ0v) is 16.9. The van der Waals surface area contributed by atoms with Crippen molar-refractivity contribution in [3.05, 3.63) is 35.9 Å². The summed E-state index contributed by atoms with van der Waals surface area (Å²) in [7, 11) is 0. The molecular formula is C20H30O11. The lowest BCUT2D eigenvalue weighted by Crippen LogP contribution is -2.61. The molecular weight excluding hydrogens is 416 g/mol. The zero-order chi connectivity index (χ0) is 22.7. The number of hydrogen-bond donors (Lipinski definition) is 7. The summed E-state index contributed by atoms with van der Waals surface area (Å²) >= 11 is 0. The van der Waals surface area contributed by atoms with Crippen LogP contribution in [-0.2, 0) is 18.9 Å². The first-order valence-electron chi connectivity index (χ1n) is 10.1. The standard InChI is InChI=1S/C20H30O11/c1-9(10-5-3-2-4-6-10)29-20-18(27)16(25)14(23)12(31-20)8-28-19-17(26)15(24)13(22)11(7-21)30-19/h2-6,9,11-27H,7-8H2,1H3/t9-,11-,12-,13-,14-,15+,16+,17-,18-,19-,20-/m1/s1. The minimum atomic E-state index is -1.63. The van der Waals surface area contributed by atoms with Crippen LogP contribution in [0.25, 0.3) is 0 Å². The highest BCUT2D eigenvalue weighted by Crippen LogP contribution is 2.28. The largest absolute Gasteiger partial charge is 0.394 e. The molecule has 2 heterocycles. The zero-order valence-electron chi connectivity index (χ0n) is 16.9. The number of aliphatic hydroxyl groups is 7. The Morgan fingerprint density at radius 1 is 0.774 bits per heavy atom. The SMILES string of the molecule is C[C@@H](O[C@@H]1O[C@H](CO[C@@H]2O[C@H](CO)[C@@H](O)[C@H](O)[C@H]2O)[C@@H](O)[C@H](O)[C@H]1O)c1ccccc1. The molecule has 0 spiro atoms. The third-order valence-electron chi connectivity index (χ3n) is 5.55. The summed E-state index contributed by atoms with van der Waals surface area (Å²) < 4.78 is 22.0. The van der Waals surface area contributed by atoms with Crippen molar-refractivity contribution < 1.29 is 54.7 Å². The van der Waals surface area contributed by atoms with Gasteiger partial charge in [0.15, 0.2) is 12.6 Å². The fraction of sp³-hybridized carbons (Fsp3) is 0.700. The maximum absolute atomic E-state index is 10.3. The molecule has 11 heteroatoms. The molecule has 1 aromatic rings. The van der Waals surface area contributed by atoms with E-state index >= 15 is 0 Å². The molecule has 2 fully saturated rings. The normalized spacial score (nSPS) is 42.3. The van der Waals surface area contributed by atoms with E-state index in [4.69, 9.17) is 18.9 Å². The molecule has 2 saturated heterocycles. The van der Waals surface area contributed by atoms with Crippen LogP contribution in [0.2, 0.25) is 0 Å². The van der Waals surface area contributed by atoms with E-state index in [0.717, 1.165) is 5.56 Å². The minimum absolute atomic E-state index is 0.410. The van der Waals surface area contributed by atoms with E-state index in [-0.39, 0.29) is 0 Å². The summed E-state index contributed by atoms with van der Waals surface area (Å²) in [6.07, 6.45) is -15.0. The van der Waals surface area contributed by atoms with Crippen LogP contribution in [0.5, 0.6) is 0 Å². The fourth-order valence-electron chi connectivity index (χ4n) is 3.57. The molecule has 0 radical (unpaired) electrons. The smallest absolute Gasteiger partial charge is 0.187 e. The van der Waals surface area contributed by atoms with Gasteiger partial charge in [0, 0.05) is 0 Å². The predicted octanol–water partition coefficient (Wildman–Crippen LogP) is -2.61. The molecule has 0 bridgehead atoms. The highest BCUT2D eigenvalue weighted by Gasteiger charge is 2.47. The van der Waals surface area contributed by atoms with Crippen molar-refractivity contribution in [1.82, 2.24) is 0 Å². The van der Waals surface area contributed by atoms with Crippen molar-refractivity contribution in [2.45, 2.75) is 74.4 Å². The molecule has 2 aliphatic heterocycles. The number of rotatable bonds is 7. The maximum atomic E-state index is 10.3. The third kappa shape index (κ3) is 5.41. The van der Waals surface area contributed by atoms with Gasteiger partial charge in [-0.15, -0.1) is 0 Å². The molecule has 0 saturated carbocycles. The second-order valence-electron chi connectivity index (χ2n) is 7.73. The Bertz CT molecular complexity index is 674. The lowest BCUT2D eigenvalue weighted by Gasteiger charge is -2.43. The van der Waals surface area contributed by atoms with E-state index in [1.54, 1.807) is 6.92 Å². The fourth-order valence-corrected chi connectivity index (χ4v) is 3.57. The van der Waals surface area contributed by atoms with Gasteiger partial charge in [0.2, 0.25) is 0 Å². The first-order valence-corrected chi connectivity index (χ1v) is 10.1. The monoisotopic (exact) mass is 446 g/mol. The summed E-state index contributed by atoms with van der Waals surface area (Å²) in [6, 6.07) is 9.14. The Morgan fingerprint density at radius 3 is 1.94 bits per heavy atom. The molecule has 0 amide bonds. The van der Waals surface area contributed by atoms with E-state index in [1.165, 1.54) is 0 Å². The number of ether oxygens (including phenoxy) is 4. The first-order chi connectivity index (χ1) is 14.7. The summed E-state index contributed by atoms with van der Waals surface area (Å²) in [6.45, 7) is 0.709. The van der Waals surface area contributed by atoms with Crippen LogP contribution in [0.4, 0.5) is 0 Å². The Morgan fingerprint density at radius 2 is 1.32 bits per heavy atom. The van der Waals surface area contributed by atoms with Crippen LogP contribution in [0.15, 0.2) is 30.3 Å². The molecule has 1 aromatic carbocycles. The molecule has 2 aliphatic rings. The van der Waals surface area contributed by atoms with Gasteiger partial charge in [-0.05, 0) is 12.5 Å². The molecule has 11 atom stereocenters. The van der Waals surface area contributed by atoms with Crippen molar-refractivity contribution in [2.24, 2.45) is 0 Å². The molecule has 0 aliphatic carbocycles. The van der Waals surface area contributed by atoms with Crippen LogP contribution >= 0.6 is 0 Å². The maximum Gasteiger partial charge on any atom is 0.187 e. The average molecular weight is 446 g/mol. The summed E-state index contributed by atoms with van der Waals surface area (Å²) in [4.78, 5) is 0. The summed E-state index contributed by atoms with van der Waals surface area (Å²) in [5.41, 5.74) is 0.813. The van der Waals surface area contributed by atoms with Crippen molar-refractivity contribution >= 4 is 0 Å². The van der Waals surface area contributed by atoms with Gasteiger partial charge in [-0.3, -0.25) is 0 Å². The number of aliphatic hydroxyl groups excluding tert-OH is 7. The second-order valence-corrected chi connectivity index (χ2v) is 7.73. The molecule has 176 valence electrons. The first kappa shape index (κ1) is 24.4. The lowest BCUT2D eigenvalue weighted by molar-refractivity contribution is -0.335. The van der Waals surface area contributed by atoms with Gasteiger partial charge in [-0.1, -0.05) is 30.3 Å². The van der Waals surface area contributed by atoms with Crippen LogP contribution < -0.4 is 0 Å². The van der Waals surface area contributed by atoms with Gasteiger partial charge in [0.25, 0.3) is 0 Å². The van der Waals surface area contributed by atoms with Crippen molar-refractivity contribution in [3.63, 3.8) is 0 Å². The van der Waals surface area contributed by atoms with Gasteiger partial charge in [-0.2, -0.15) is 0 Å². The van der Waals surface area contributed by atoms with E-state index in [9.17, 15) is 35.7 Å². The highest BCUT2D eigenvalue weighted by atomic mass is 16.7. The van der Waals surface area contributed by atoms with E-state index < -0.39 is 80.7 Å². The van der Waals surface area contributed by atoms with Crippen LogP contribution in [0.3, 0.4) is 0 Å². The van der Waals surface area contributed by atoms with Gasteiger partial charge in [0.1, 0.15) is 48.8 Å². The Balaban J connectivity index is 1.62. The Labute approximate surface area is 179 Å². The predicted molar refractivity (Wildman–Crippen MR) is 102 cm³/mol. The Kier molecular flexibility index (Phi) is 8.35. The highest BCUT2D eigenvalue weighted by molar-refractivity contribution is 5.16. The molecule has 31 heavy (non-hydrogen) atoms. The van der Waals surface area contributed by atoms with Gasteiger partial charge >= 0.3 is 0 Å². The third-order valence-corrected chi connectivity index (χ3v) is 5.55. The van der Waals surface area contributed by atoms with Gasteiger partial charge in [0.05, 0.1) is 19.3 Å². The van der Waals surface area contributed by atoms with Gasteiger partial charge in [-0.25, -0.2) is 0 Å².